The van der Waals surface area contributed by atoms with Gasteiger partial charge in [-0.25, -0.2) is 13.8 Å². The molecule has 3 aromatic carbocycles. The number of hydrogen-bond acceptors (Lipinski definition) is 8. The number of anilines is 2. The topological polar surface area (TPSA) is 109 Å². The maximum absolute atomic E-state index is 13.8. The number of carbonyl (C=O) groups excluding carboxylic acids is 1. The van der Waals surface area contributed by atoms with Gasteiger partial charge < -0.3 is 19.9 Å². The fraction of sp³-hybridized carbons (Fsp3) is 0.333. The van der Waals surface area contributed by atoms with Crippen molar-refractivity contribution in [3.05, 3.63) is 78.5 Å². The van der Waals surface area contributed by atoms with E-state index in [1.807, 2.05) is 12.1 Å². The highest BCUT2D eigenvalue weighted by Gasteiger charge is 2.25. The van der Waals surface area contributed by atoms with E-state index in [4.69, 9.17) is 4.74 Å². The van der Waals surface area contributed by atoms with Gasteiger partial charge in [-0.1, -0.05) is 24.3 Å². The van der Waals surface area contributed by atoms with Gasteiger partial charge in [0.15, 0.2) is 0 Å². The third kappa shape index (κ3) is 5.65. The molecule has 0 spiro atoms. The van der Waals surface area contributed by atoms with E-state index in [2.05, 4.69) is 38.8 Å². The monoisotopic (exact) mass is 574 g/mol. The summed E-state index contributed by atoms with van der Waals surface area (Å²) >= 11 is 0. The molecule has 0 radical (unpaired) electrons. The van der Waals surface area contributed by atoms with Crippen molar-refractivity contribution in [3.8, 4) is 0 Å². The second kappa shape index (κ2) is 11.5. The van der Waals surface area contributed by atoms with Crippen molar-refractivity contribution < 1.29 is 17.9 Å². The van der Waals surface area contributed by atoms with Gasteiger partial charge in [-0.2, -0.15) is 9.89 Å². The third-order valence-electron chi connectivity index (χ3n) is 7.81. The van der Waals surface area contributed by atoms with Crippen LogP contribution >= 0.6 is 0 Å². The number of hydrogen-bond donors (Lipinski definition) is 2. The Bertz CT molecular complexity index is 1640. The summed E-state index contributed by atoms with van der Waals surface area (Å²) in [6, 6.07) is 19.1. The number of benzene rings is 3. The van der Waals surface area contributed by atoms with Crippen LogP contribution in [0.25, 0.3) is 10.9 Å². The Morgan fingerprint density at radius 3 is 2.44 bits per heavy atom. The minimum atomic E-state index is -3.68. The van der Waals surface area contributed by atoms with E-state index < -0.39 is 9.84 Å². The molecule has 2 saturated heterocycles. The van der Waals surface area contributed by atoms with Gasteiger partial charge in [0.05, 0.1) is 38.4 Å². The number of amides is 1. The number of para-hydroxylation sites is 1. The summed E-state index contributed by atoms with van der Waals surface area (Å²) < 4.78 is 31.8. The third-order valence-corrected chi connectivity index (χ3v) is 9.58. The van der Waals surface area contributed by atoms with Gasteiger partial charge in [0.25, 0.3) is 5.91 Å². The molecule has 10 nitrogen and oxygen atoms in total. The standard InChI is InChI=1S/C30H34N6O4S/c1-34-14-16-35(17-15-34)28-9-5-8-26(29(28)32-23-12-18-40-19-13-23)30(37)33-36-27-11-10-25(20-22(27)21-31-36)41(38,39)24-6-3-2-4-7-24/h2-11,20-21,23,32H,12-19H2,1H3,(H,33,37). The van der Waals surface area contributed by atoms with E-state index in [-0.39, 0.29) is 21.7 Å². The Morgan fingerprint density at radius 2 is 1.68 bits per heavy atom. The van der Waals surface area contributed by atoms with Crippen molar-refractivity contribution >= 4 is 38.0 Å². The number of carbonyl (C=O) groups is 1. The number of sulfone groups is 1. The first-order chi connectivity index (χ1) is 19.9. The van der Waals surface area contributed by atoms with Gasteiger partial charge in [0.1, 0.15) is 0 Å². The predicted molar refractivity (Wildman–Crippen MR) is 159 cm³/mol. The molecule has 2 aliphatic rings. The highest BCUT2D eigenvalue weighted by Crippen LogP contribution is 2.33. The van der Waals surface area contributed by atoms with Crippen LogP contribution in [0.4, 0.5) is 11.4 Å². The molecule has 2 fully saturated rings. The average Bonchev–Trinajstić information content (AvgIpc) is 3.40. The lowest BCUT2D eigenvalue weighted by Crippen LogP contribution is -2.45. The van der Waals surface area contributed by atoms with E-state index in [1.165, 1.54) is 4.79 Å². The van der Waals surface area contributed by atoms with Gasteiger partial charge in [-0.15, -0.1) is 0 Å². The van der Waals surface area contributed by atoms with E-state index in [1.54, 1.807) is 54.7 Å². The van der Waals surface area contributed by atoms with Crippen LogP contribution in [0.1, 0.15) is 23.2 Å². The summed E-state index contributed by atoms with van der Waals surface area (Å²) in [6.07, 6.45) is 3.30. The maximum Gasteiger partial charge on any atom is 0.273 e. The predicted octanol–water partition coefficient (Wildman–Crippen LogP) is 3.60. The van der Waals surface area contributed by atoms with Gasteiger partial charge in [-0.05, 0) is 62.4 Å². The first-order valence-corrected chi connectivity index (χ1v) is 15.4. The molecule has 1 aromatic heterocycles. The van der Waals surface area contributed by atoms with Gasteiger partial charge in [0, 0.05) is 50.8 Å². The van der Waals surface area contributed by atoms with Crippen LogP contribution in [0.3, 0.4) is 0 Å². The van der Waals surface area contributed by atoms with Crippen LogP contribution < -0.4 is 15.6 Å². The Labute approximate surface area is 239 Å². The molecular weight excluding hydrogens is 540 g/mol. The smallest absolute Gasteiger partial charge is 0.273 e. The second-order valence-corrected chi connectivity index (χ2v) is 12.5. The molecule has 11 heteroatoms. The maximum atomic E-state index is 13.8. The molecular formula is C30H34N6O4S. The molecule has 3 heterocycles. The molecule has 0 unspecified atom stereocenters. The number of fused-ring (bicyclic) bond motifs is 1. The number of likely N-dealkylation sites (N-methyl/N-ethyl adjacent to an activating group) is 1. The molecule has 0 bridgehead atoms. The van der Waals surface area contributed by atoms with Crippen LogP contribution in [0.2, 0.25) is 0 Å². The minimum absolute atomic E-state index is 0.171. The van der Waals surface area contributed by atoms with Crippen molar-refractivity contribution in [2.24, 2.45) is 0 Å². The molecule has 1 amide bonds. The summed E-state index contributed by atoms with van der Waals surface area (Å²) in [7, 11) is -1.55. The lowest BCUT2D eigenvalue weighted by Gasteiger charge is -2.36. The van der Waals surface area contributed by atoms with Crippen LogP contribution in [0.5, 0.6) is 0 Å². The van der Waals surface area contributed by atoms with Crippen molar-refractivity contribution in [2.45, 2.75) is 28.7 Å². The molecule has 6 rings (SSSR count). The number of nitrogens with zero attached hydrogens (tertiary/aromatic N) is 4. The zero-order valence-corrected chi connectivity index (χ0v) is 23.8. The SMILES string of the molecule is CN1CCN(c2cccc(C(=O)Nn3ncc4cc(S(=O)(=O)c5ccccc5)ccc43)c2NC2CCOCC2)CC1. The van der Waals surface area contributed by atoms with Crippen molar-refractivity contribution in [1.82, 2.24) is 14.8 Å². The number of nitrogens with one attached hydrogen (secondary N) is 2. The Hall–Kier alpha value is -3.93. The molecule has 0 aliphatic carbocycles. The number of rotatable bonds is 7. The van der Waals surface area contributed by atoms with Crippen molar-refractivity contribution in [3.63, 3.8) is 0 Å². The lowest BCUT2D eigenvalue weighted by atomic mass is 10.0. The van der Waals surface area contributed by atoms with Gasteiger partial charge in [-0.3, -0.25) is 4.79 Å². The Balaban J connectivity index is 1.29. The van der Waals surface area contributed by atoms with E-state index >= 15 is 0 Å². The first-order valence-electron chi connectivity index (χ1n) is 13.9. The summed E-state index contributed by atoms with van der Waals surface area (Å²) in [4.78, 5) is 20.2. The lowest BCUT2D eigenvalue weighted by molar-refractivity contribution is 0.0904. The van der Waals surface area contributed by atoms with Crippen molar-refractivity contribution in [1.29, 1.82) is 0 Å². The van der Waals surface area contributed by atoms with E-state index in [9.17, 15) is 13.2 Å². The molecule has 0 atom stereocenters. The second-order valence-electron chi connectivity index (χ2n) is 10.6. The summed E-state index contributed by atoms with van der Waals surface area (Å²) in [5.41, 5.74) is 5.86. The Morgan fingerprint density at radius 1 is 0.927 bits per heavy atom. The van der Waals surface area contributed by atoms with Crippen LogP contribution in [0, 0.1) is 0 Å². The number of aromatic nitrogens is 2. The van der Waals surface area contributed by atoms with Crippen molar-refractivity contribution in [2.75, 3.05) is 62.1 Å². The number of ether oxygens (including phenoxy) is 1. The zero-order valence-electron chi connectivity index (χ0n) is 23.0. The van der Waals surface area contributed by atoms with Crippen LogP contribution in [-0.2, 0) is 14.6 Å². The quantitative estimate of drug-likeness (QED) is 0.345. The molecule has 4 aromatic rings. The zero-order chi connectivity index (χ0) is 28.4. The average molecular weight is 575 g/mol. The molecule has 41 heavy (non-hydrogen) atoms. The summed E-state index contributed by atoms with van der Waals surface area (Å²) in [5, 5.41) is 8.64. The van der Waals surface area contributed by atoms with Gasteiger partial charge in [0.2, 0.25) is 9.84 Å². The van der Waals surface area contributed by atoms with E-state index in [0.717, 1.165) is 50.4 Å². The highest BCUT2D eigenvalue weighted by molar-refractivity contribution is 7.91. The van der Waals surface area contributed by atoms with Crippen LogP contribution in [-0.4, -0.2) is 81.6 Å². The van der Waals surface area contributed by atoms with E-state index in [0.29, 0.717) is 29.7 Å². The largest absolute Gasteiger partial charge is 0.381 e. The summed E-state index contributed by atoms with van der Waals surface area (Å²) in [5.74, 6) is -0.304. The first kappa shape index (κ1) is 27.3. The van der Waals surface area contributed by atoms with Crippen LogP contribution in [0.15, 0.2) is 82.7 Å². The molecule has 2 N–H and O–H groups in total. The minimum Gasteiger partial charge on any atom is -0.381 e. The fourth-order valence-electron chi connectivity index (χ4n) is 5.40. The normalized spacial score (nSPS) is 17.0. The highest BCUT2D eigenvalue weighted by atomic mass is 32.2. The van der Waals surface area contributed by atoms with Gasteiger partial charge >= 0.3 is 0 Å². The molecule has 214 valence electrons. The molecule has 0 saturated carbocycles. The Kier molecular flexibility index (Phi) is 7.65. The summed E-state index contributed by atoms with van der Waals surface area (Å²) in [6.45, 7) is 5.04. The molecule has 2 aliphatic heterocycles. The number of piperazine rings is 1. The fourth-order valence-corrected chi connectivity index (χ4v) is 6.71.